The molecule has 27 nitrogen and oxygen atoms in total. The number of nitrogens with one attached hydrogen (secondary N) is 6. The molecular formula is C55H47N23O4. The highest BCUT2D eigenvalue weighted by Gasteiger charge is 2.26. The van der Waals surface area contributed by atoms with Crippen molar-refractivity contribution in [3.63, 3.8) is 0 Å². The number of hydrogen-bond donors (Lipinski definition) is 6. The maximum absolute atomic E-state index is 13.0. The molecule has 0 radical (unpaired) electrons. The Morgan fingerprint density at radius 3 is 1.59 bits per heavy atom. The number of carbonyl (C=O) groups is 3. The van der Waals surface area contributed by atoms with Gasteiger partial charge in [0.05, 0.1) is 70.9 Å². The van der Waals surface area contributed by atoms with E-state index in [0.717, 1.165) is 5.69 Å². The third kappa shape index (κ3) is 12.2. The molecule has 406 valence electrons. The molecule has 1 fully saturated rings. The number of carbonyl (C=O) groups excluding carboxylic acids is 3. The third-order valence-corrected chi connectivity index (χ3v) is 12.1. The summed E-state index contributed by atoms with van der Waals surface area (Å²) in [5.41, 5.74) is 9.84. The highest BCUT2D eigenvalue weighted by Crippen LogP contribution is 2.30. The van der Waals surface area contributed by atoms with Crippen LogP contribution < -0.4 is 16.0 Å². The monoisotopic (exact) mass is 1090 g/mol. The van der Waals surface area contributed by atoms with Gasteiger partial charge in [-0.05, 0) is 79.7 Å². The Bertz CT molecular complexity index is 3950. The van der Waals surface area contributed by atoms with E-state index in [-0.39, 0.29) is 35.2 Å². The van der Waals surface area contributed by atoms with Crippen LogP contribution >= 0.6 is 0 Å². The van der Waals surface area contributed by atoms with Crippen LogP contribution in [0, 0.1) is 6.92 Å². The zero-order valence-electron chi connectivity index (χ0n) is 43.8. The van der Waals surface area contributed by atoms with Crippen LogP contribution in [0.5, 0.6) is 0 Å². The molecule has 13 heterocycles. The van der Waals surface area contributed by atoms with Crippen molar-refractivity contribution in [1.82, 2.24) is 99.8 Å². The molecule has 0 spiro atoms. The van der Waals surface area contributed by atoms with Gasteiger partial charge in [-0.1, -0.05) is 24.3 Å². The van der Waals surface area contributed by atoms with Crippen LogP contribution in [0.3, 0.4) is 0 Å². The lowest BCUT2D eigenvalue weighted by molar-refractivity contribution is -0.0285. The van der Waals surface area contributed by atoms with E-state index < -0.39 is 0 Å². The van der Waals surface area contributed by atoms with Gasteiger partial charge in [0.2, 0.25) is 0 Å². The Kier molecular flexibility index (Phi) is 15.3. The Hall–Kier alpha value is -11.6. The zero-order valence-corrected chi connectivity index (χ0v) is 43.8. The van der Waals surface area contributed by atoms with Crippen LogP contribution in [0.25, 0.3) is 68.5 Å². The molecule has 0 aromatic carbocycles. The van der Waals surface area contributed by atoms with Crippen molar-refractivity contribution >= 4 is 34.8 Å². The first-order chi connectivity index (χ1) is 40.1. The van der Waals surface area contributed by atoms with Gasteiger partial charge in [0.15, 0.2) is 11.6 Å². The number of aryl methyl sites for hydroxylation is 3. The van der Waals surface area contributed by atoms with Gasteiger partial charge in [0.1, 0.15) is 45.6 Å². The molecule has 0 aliphatic carbocycles. The number of ether oxygens (including phenoxy) is 1. The topological polar surface area (TPSA) is 339 Å². The minimum absolute atomic E-state index is 0.155. The van der Waals surface area contributed by atoms with Gasteiger partial charge in [-0.3, -0.25) is 58.7 Å². The van der Waals surface area contributed by atoms with Crippen molar-refractivity contribution in [2.24, 2.45) is 14.1 Å². The van der Waals surface area contributed by atoms with E-state index in [2.05, 4.69) is 102 Å². The quantitative estimate of drug-likeness (QED) is 0.0700. The summed E-state index contributed by atoms with van der Waals surface area (Å²) in [6, 6.07) is 28.8. The van der Waals surface area contributed by atoms with E-state index in [1.54, 1.807) is 103 Å². The number of pyridine rings is 4. The molecule has 3 amide bonds. The molecular weight excluding hydrogens is 1050 g/mol. The standard InChI is InChI=1S/C21H19N7O2.2C17H14N8O/c1-13-9-18(26-25-13)15-6-4-7-17(23-15)21(29)24-19-10-28(14-11-30-12-14)27-20(19)16-5-2-3-8-22-16;1-25-10-14(15(24-25)11-4-2-3-7-18-11)22-17(26)13-5-8-19-16(21-13)12-6-9-20-23-12;1-25-10-14(15(24-25)12-4-2-3-6-18-12)23-17(26)13-5-7-19-16(22-13)11-8-20-21-9-11/h2-10,14H,11-12H2,1H3,(H,24,29)(H,25,26);2-10H,1H3,(H,20,23)(H,22,26);2-10H,1H3,(H,20,21)(H,23,26). The summed E-state index contributed by atoms with van der Waals surface area (Å²) in [7, 11) is 3.56. The van der Waals surface area contributed by atoms with Crippen LogP contribution in [0.15, 0.2) is 165 Å². The lowest BCUT2D eigenvalue weighted by Crippen LogP contribution is -2.30. The molecule has 12 aromatic heterocycles. The van der Waals surface area contributed by atoms with Gasteiger partial charge in [0.25, 0.3) is 17.7 Å². The van der Waals surface area contributed by atoms with E-state index >= 15 is 0 Å². The van der Waals surface area contributed by atoms with Crippen molar-refractivity contribution in [1.29, 1.82) is 0 Å². The highest BCUT2D eigenvalue weighted by atomic mass is 16.5. The summed E-state index contributed by atoms with van der Waals surface area (Å²) in [5.74, 6) is -0.236. The Labute approximate surface area is 464 Å². The second-order valence-corrected chi connectivity index (χ2v) is 18.0. The number of hydrogen-bond acceptors (Lipinski definition) is 18. The minimum Gasteiger partial charge on any atom is -0.377 e. The predicted molar refractivity (Wildman–Crippen MR) is 298 cm³/mol. The normalized spacial score (nSPS) is 11.8. The van der Waals surface area contributed by atoms with Crippen LogP contribution in [0.1, 0.15) is 43.2 Å². The molecule has 82 heavy (non-hydrogen) atoms. The molecule has 0 bridgehead atoms. The van der Waals surface area contributed by atoms with Crippen LogP contribution in [0.2, 0.25) is 0 Å². The lowest BCUT2D eigenvalue weighted by Gasteiger charge is -2.25. The first-order valence-electron chi connectivity index (χ1n) is 25.2. The predicted octanol–water partition coefficient (Wildman–Crippen LogP) is 6.69. The third-order valence-electron chi connectivity index (χ3n) is 12.1. The maximum Gasteiger partial charge on any atom is 0.274 e. The molecule has 0 atom stereocenters. The van der Waals surface area contributed by atoms with E-state index in [9.17, 15) is 14.4 Å². The van der Waals surface area contributed by atoms with Gasteiger partial charge in [-0.15, -0.1) is 0 Å². The molecule has 13 rings (SSSR count). The van der Waals surface area contributed by atoms with E-state index in [4.69, 9.17) is 4.74 Å². The van der Waals surface area contributed by atoms with Gasteiger partial charge in [-0.25, -0.2) is 24.9 Å². The van der Waals surface area contributed by atoms with E-state index in [1.807, 2.05) is 84.5 Å². The average Bonchev–Trinajstić information content (AvgIpc) is 4.56. The lowest BCUT2D eigenvalue weighted by atomic mass is 10.2. The fraction of sp³-hybridized carbons (Fsp3) is 0.109. The number of H-pyrrole nitrogens is 3. The van der Waals surface area contributed by atoms with Crippen LogP contribution in [-0.2, 0) is 18.8 Å². The fourth-order valence-electron chi connectivity index (χ4n) is 8.09. The summed E-state index contributed by atoms with van der Waals surface area (Å²) < 4.78 is 10.3. The smallest absolute Gasteiger partial charge is 0.274 e. The largest absolute Gasteiger partial charge is 0.377 e. The highest BCUT2D eigenvalue weighted by molar-refractivity contribution is 6.06. The number of aromatic nitrogens is 20. The molecule has 0 unspecified atom stereocenters. The molecule has 1 aliphatic heterocycles. The maximum atomic E-state index is 13.0. The Balaban J connectivity index is 0.000000130. The summed E-state index contributed by atoms with van der Waals surface area (Å²) in [6.45, 7) is 3.11. The van der Waals surface area contributed by atoms with Crippen molar-refractivity contribution in [2.75, 3.05) is 29.2 Å². The van der Waals surface area contributed by atoms with Gasteiger partial charge >= 0.3 is 0 Å². The van der Waals surface area contributed by atoms with Crippen molar-refractivity contribution in [3.05, 3.63) is 188 Å². The van der Waals surface area contributed by atoms with Gasteiger partial charge in [-0.2, -0.15) is 30.6 Å². The molecule has 12 aromatic rings. The van der Waals surface area contributed by atoms with Crippen LogP contribution in [-0.4, -0.2) is 131 Å². The van der Waals surface area contributed by atoms with Gasteiger partial charge < -0.3 is 20.7 Å². The van der Waals surface area contributed by atoms with Crippen molar-refractivity contribution in [2.45, 2.75) is 13.0 Å². The molecule has 1 saturated heterocycles. The number of amides is 3. The molecule has 6 N–H and O–H groups in total. The molecule has 1 aliphatic rings. The molecule has 0 saturated carbocycles. The van der Waals surface area contributed by atoms with Crippen molar-refractivity contribution in [3.8, 4) is 68.5 Å². The van der Waals surface area contributed by atoms with Crippen LogP contribution in [0.4, 0.5) is 17.1 Å². The second kappa shape index (κ2) is 24.0. The summed E-state index contributed by atoms with van der Waals surface area (Å²) in [4.78, 5) is 72.6. The summed E-state index contributed by atoms with van der Waals surface area (Å²) in [6.07, 6.45) is 18.2. The summed E-state index contributed by atoms with van der Waals surface area (Å²) in [5, 5.41) is 42.3. The van der Waals surface area contributed by atoms with Crippen molar-refractivity contribution < 1.29 is 19.1 Å². The Morgan fingerprint density at radius 1 is 0.537 bits per heavy atom. The number of aromatic amines is 3. The first-order valence-corrected chi connectivity index (χ1v) is 25.2. The zero-order chi connectivity index (χ0) is 56.4. The second-order valence-electron chi connectivity index (χ2n) is 18.0. The fourth-order valence-corrected chi connectivity index (χ4v) is 8.09. The first kappa shape index (κ1) is 52.4. The minimum atomic E-state index is -0.363. The molecule has 27 heteroatoms. The average molecular weight is 1090 g/mol. The number of rotatable bonds is 13. The van der Waals surface area contributed by atoms with E-state index in [0.29, 0.717) is 104 Å². The number of anilines is 3. The Morgan fingerprint density at radius 2 is 1.09 bits per heavy atom. The number of nitrogens with zero attached hydrogens (tertiary/aromatic N) is 17. The SMILES string of the molecule is Cc1cc(-c2cccc(C(=O)Nc3cn(C4COC4)nc3-c3ccccn3)n2)n[nH]1.Cn1cc(NC(=O)c2ccnc(-c3ccn[nH]3)n2)c(-c2ccccn2)n1.Cn1cc(NC(=O)c2ccnc(-c3cn[nH]c3)n2)c(-c2ccccn2)n1. The van der Waals surface area contributed by atoms with E-state index in [1.165, 1.54) is 12.4 Å². The van der Waals surface area contributed by atoms with Gasteiger partial charge in [0, 0.05) is 81.8 Å². The summed E-state index contributed by atoms with van der Waals surface area (Å²) >= 11 is 0.